The zero-order valence-corrected chi connectivity index (χ0v) is 16.5. The van der Waals surface area contributed by atoms with Crippen LogP contribution in [0, 0.1) is 6.92 Å². The SMILES string of the molecule is Cc1ncc(N)cc1NC(=O)c1ccc2nc(OCCN3CCCC3)ccc2c1. The number of nitrogens with zero attached hydrogens (tertiary/aromatic N) is 3. The molecule has 2 aromatic heterocycles. The molecule has 0 radical (unpaired) electrons. The van der Waals surface area contributed by atoms with E-state index >= 15 is 0 Å². The van der Waals surface area contributed by atoms with Gasteiger partial charge in [0.2, 0.25) is 5.88 Å². The maximum atomic E-state index is 12.6. The summed E-state index contributed by atoms with van der Waals surface area (Å²) in [5, 5.41) is 3.75. The van der Waals surface area contributed by atoms with Crippen LogP contribution in [-0.4, -0.2) is 47.0 Å². The number of carbonyl (C=O) groups excluding carboxylic acids is 1. The zero-order valence-electron chi connectivity index (χ0n) is 16.5. The van der Waals surface area contributed by atoms with Gasteiger partial charge in [0.05, 0.1) is 28.8 Å². The maximum absolute atomic E-state index is 12.6. The molecule has 150 valence electrons. The summed E-state index contributed by atoms with van der Waals surface area (Å²) in [6, 6.07) is 10.9. The predicted molar refractivity (Wildman–Crippen MR) is 114 cm³/mol. The summed E-state index contributed by atoms with van der Waals surface area (Å²) < 4.78 is 5.81. The van der Waals surface area contributed by atoms with Crippen LogP contribution in [0.15, 0.2) is 42.6 Å². The summed E-state index contributed by atoms with van der Waals surface area (Å²) in [7, 11) is 0. The van der Waals surface area contributed by atoms with Gasteiger partial charge < -0.3 is 15.8 Å². The lowest BCUT2D eigenvalue weighted by Crippen LogP contribution is -2.25. The maximum Gasteiger partial charge on any atom is 0.255 e. The fraction of sp³-hybridized carbons (Fsp3) is 0.318. The Labute approximate surface area is 169 Å². The fourth-order valence-corrected chi connectivity index (χ4v) is 3.48. The smallest absolute Gasteiger partial charge is 0.255 e. The molecule has 7 nitrogen and oxygen atoms in total. The predicted octanol–water partition coefficient (Wildman–Crippen LogP) is 3.25. The lowest BCUT2D eigenvalue weighted by atomic mass is 10.1. The lowest BCUT2D eigenvalue weighted by Gasteiger charge is -2.14. The van der Waals surface area contributed by atoms with Crippen molar-refractivity contribution in [3.63, 3.8) is 0 Å². The Morgan fingerprint density at radius 3 is 2.86 bits per heavy atom. The summed E-state index contributed by atoms with van der Waals surface area (Å²) in [6.45, 7) is 5.70. The van der Waals surface area contributed by atoms with Gasteiger partial charge >= 0.3 is 0 Å². The van der Waals surface area contributed by atoms with Crippen LogP contribution in [0.5, 0.6) is 5.88 Å². The number of fused-ring (bicyclic) bond motifs is 1. The number of aromatic nitrogens is 2. The van der Waals surface area contributed by atoms with E-state index in [2.05, 4.69) is 20.2 Å². The highest BCUT2D eigenvalue weighted by atomic mass is 16.5. The number of pyridine rings is 2. The third-order valence-corrected chi connectivity index (χ3v) is 5.14. The molecule has 1 aliphatic heterocycles. The highest BCUT2D eigenvalue weighted by Crippen LogP contribution is 2.21. The van der Waals surface area contributed by atoms with Crippen molar-refractivity contribution in [2.75, 3.05) is 37.3 Å². The summed E-state index contributed by atoms with van der Waals surface area (Å²) in [5.74, 6) is 0.392. The van der Waals surface area contributed by atoms with Crippen molar-refractivity contribution in [3.05, 3.63) is 53.9 Å². The standard InChI is InChI=1S/C22H25N5O2/c1-15-20(13-18(23)14-24-15)26-22(28)17-4-6-19-16(12-17)5-7-21(25-19)29-11-10-27-8-2-3-9-27/h4-7,12-14H,2-3,8-11,23H2,1H3,(H,26,28). The van der Waals surface area contributed by atoms with Crippen molar-refractivity contribution in [1.29, 1.82) is 0 Å². The normalized spacial score (nSPS) is 14.2. The number of ether oxygens (including phenoxy) is 1. The lowest BCUT2D eigenvalue weighted by molar-refractivity contribution is 0.102. The highest BCUT2D eigenvalue weighted by Gasteiger charge is 2.12. The number of rotatable bonds is 6. The van der Waals surface area contributed by atoms with Crippen molar-refractivity contribution in [2.24, 2.45) is 0 Å². The average Bonchev–Trinajstić information content (AvgIpc) is 3.24. The van der Waals surface area contributed by atoms with Gasteiger partial charge in [-0.25, -0.2) is 4.98 Å². The largest absolute Gasteiger partial charge is 0.476 e. The van der Waals surface area contributed by atoms with Crippen molar-refractivity contribution in [3.8, 4) is 5.88 Å². The van der Waals surface area contributed by atoms with Gasteiger partial charge in [-0.15, -0.1) is 0 Å². The van der Waals surface area contributed by atoms with E-state index in [9.17, 15) is 4.79 Å². The molecule has 0 aliphatic carbocycles. The fourth-order valence-electron chi connectivity index (χ4n) is 3.48. The van der Waals surface area contributed by atoms with Gasteiger partial charge in [-0.05, 0) is 63.2 Å². The summed E-state index contributed by atoms with van der Waals surface area (Å²) in [6.07, 6.45) is 4.12. The molecule has 7 heteroatoms. The second-order valence-electron chi connectivity index (χ2n) is 7.31. The first-order valence-electron chi connectivity index (χ1n) is 9.88. The number of hydrogen-bond acceptors (Lipinski definition) is 6. The van der Waals surface area contributed by atoms with Gasteiger partial charge in [0.1, 0.15) is 6.61 Å². The Hall–Kier alpha value is -3.19. The zero-order chi connectivity index (χ0) is 20.2. The van der Waals surface area contributed by atoms with Gasteiger partial charge in [0, 0.05) is 23.6 Å². The van der Waals surface area contributed by atoms with E-state index in [0.29, 0.717) is 35.1 Å². The topological polar surface area (TPSA) is 93.4 Å². The number of aryl methyl sites for hydroxylation is 1. The molecule has 1 aliphatic rings. The number of amides is 1. The van der Waals surface area contributed by atoms with E-state index in [0.717, 1.165) is 30.5 Å². The third-order valence-electron chi connectivity index (χ3n) is 5.14. The molecule has 3 heterocycles. The Kier molecular flexibility index (Phi) is 5.57. The molecule has 1 fully saturated rings. The molecular formula is C22H25N5O2. The number of likely N-dealkylation sites (tertiary alicyclic amines) is 1. The summed E-state index contributed by atoms with van der Waals surface area (Å²) >= 11 is 0. The molecule has 0 bridgehead atoms. The van der Waals surface area contributed by atoms with Crippen LogP contribution in [0.3, 0.4) is 0 Å². The van der Waals surface area contributed by atoms with Crippen LogP contribution in [0.4, 0.5) is 11.4 Å². The first-order valence-corrected chi connectivity index (χ1v) is 9.88. The summed E-state index contributed by atoms with van der Waals surface area (Å²) in [4.78, 5) is 23.8. The molecule has 4 rings (SSSR count). The van der Waals surface area contributed by atoms with Crippen LogP contribution in [0.25, 0.3) is 10.9 Å². The molecule has 0 saturated carbocycles. The van der Waals surface area contributed by atoms with Gasteiger partial charge in [-0.1, -0.05) is 0 Å². The Morgan fingerprint density at radius 1 is 1.21 bits per heavy atom. The number of carbonyl (C=O) groups is 1. The number of anilines is 2. The minimum Gasteiger partial charge on any atom is -0.476 e. The van der Waals surface area contributed by atoms with Gasteiger partial charge in [0.25, 0.3) is 5.91 Å². The quantitative estimate of drug-likeness (QED) is 0.670. The molecule has 29 heavy (non-hydrogen) atoms. The van der Waals surface area contributed by atoms with Crippen molar-refractivity contribution < 1.29 is 9.53 Å². The minimum absolute atomic E-state index is 0.215. The van der Waals surface area contributed by atoms with E-state index in [4.69, 9.17) is 10.5 Å². The monoisotopic (exact) mass is 391 g/mol. The first-order chi connectivity index (χ1) is 14.1. The van der Waals surface area contributed by atoms with Crippen LogP contribution >= 0.6 is 0 Å². The van der Waals surface area contributed by atoms with Gasteiger partial charge in [0.15, 0.2) is 0 Å². The highest BCUT2D eigenvalue weighted by molar-refractivity contribution is 6.06. The Bertz CT molecular complexity index is 1030. The Balaban J connectivity index is 1.43. The van der Waals surface area contributed by atoms with E-state index < -0.39 is 0 Å². The van der Waals surface area contributed by atoms with Crippen LogP contribution < -0.4 is 15.8 Å². The number of nitrogen functional groups attached to an aromatic ring is 1. The van der Waals surface area contributed by atoms with Crippen LogP contribution in [0.2, 0.25) is 0 Å². The second-order valence-corrected chi connectivity index (χ2v) is 7.31. The molecule has 0 spiro atoms. The molecule has 0 atom stereocenters. The second kappa shape index (κ2) is 8.45. The van der Waals surface area contributed by atoms with Crippen LogP contribution in [0.1, 0.15) is 28.9 Å². The third kappa shape index (κ3) is 4.63. The van der Waals surface area contributed by atoms with Crippen LogP contribution in [-0.2, 0) is 0 Å². The van der Waals surface area contributed by atoms with Crippen molar-refractivity contribution >= 4 is 28.2 Å². The van der Waals surface area contributed by atoms with E-state index in [-0.39, 0.29) is 5.91 Å². The molecule has 1 saturated heterocycles. The van der Waals surface area contributed by atoms with Crippen molar-refractivity contribution in [2.45, 2.75) is 19.8 Å². The number of nitrogens with two attached hydrogens (primary N) is 1. The average molecular weight is 391 g/mol. The van der Waals surface area contributed by atoms with E-state index in [1.165, 1.54) is 12.8 Å². The number of benzene rings is 1. The Morgan fingerprint density at radius 2 is 2.03 bits per heavy atom. The summed E-state index contributed by atoms with van der Waals surface area (Å²) in [5.41, 5.74) is 8.93. The van der Waals surface area contributed by atoms with E-state index in [1.807, 2.05) is 31.2 Å². The van der Waals surface area contributed by atoms with Gasteiger partial charge in [-0.3, -0.25) is 14.7 Å². The molecule has 0 unspecified atom stereocenters. The van der Waals surface area contributed by atoms with Gasteiger partial charge in [-0.2, -0.15) is 0 Å². The molecule has 3 aromatic rings. The van der Waals surface area contributed by atoms with E-state index in [1.54, 1.807) is 18.3 Å². The molecule has 1 amide bonds. The molecule has 1 aromatic carbocycles. The minimum atomic E-state index is -0.215. The molecular weight excluding hydrogens is 366 g/mol. The van der Waals surface area contributed by atoms with Crippen molar-refractivity contribution in [1.82, 2.24) is 14.9 Å². The first kappa shape index (κ1) is 19.1. The molecule has 3 N–H and O–H groups in total. The number of nitrogens with one attached hydrogen (secondary N) is 1. The number of hydrogen-bond donors (Lipinski definition) is 2.